The zero-order valence-electron chi connectivity index (χ0n) is 12.0. The summed E-state index contributed by atoms with van der Waals surface area (Å²) < 4.78 is 8.18. The summed E-state index contributed by atoms with van der Waals surface area (Å²) in [6, 6.07) is 6.16. The molecule has 4 heteroatoms. The van der Waals surface area contributed by atoms with E-state index < -0.39 is 0 Å². The molecule has 1 fully saturated rings. The standard InChI is InChI=1S/C16H22N2OS/c1-13-6-2-3-8-15(13)19-10-11-20-16-17-12-14-7-4-5-9-18(14)16/h4-5,7,9,12-13,15H,2-3,6,8,10-11H2,1H3/t13-,15+/m0/s1. The van der Waals surface area contributed by atoms with E-state index in [1.165, 1.54) is 25.7 Å². The van der Waals surface area contributed by atoms with Crippen molar-refractivity contribution in [1.29, 1.82) is 0 Å². The summed E-state index contributed by atoms with van der Waals surface area (Å²) >= 11 is 1.77. The van der Waals surface area contributed by atoms with Gasteiger partial charge in [-0.25, -0.2) is 4.98 Å². The first kappa shape index (κ1) is 14.0. The Labute approximate surface area is 124 Å². The highest BCUT2D eigenvalue weighted by molar-refractivity contribution is 7.99. The molecule has 0 unspecified atom stereocenters. The molecule has 1 aliphatic carbocycles. The van der Waals surface area contributed by atoms with Crippen molar-refractivity contribution < 1.29 is 4.74 Å². The lowest BCUT2D eigenvalue weighted by atomic mass is 9.88. The first-order chi connectivity index (χ1) is 9.84. The van der Waals surface area contributed by atoms with Crippen LogP contribution in [0.2, 0.25) is 0 Å². The largest absolute Gasteiger partial charge is 0.377 e. The van der Waals surface area contributed by atoms with Crippen molar-refractivity contribution in [2.45, 2.75) is 43.9 Å². The molecule has 0 amide bonds. The van der Waals surface area contributed by atoms with Gasteiger partial charge in [0.2, 0.25) is 0 Å². The van der Waals surface area contributed by atoms with Crippen LogP contribution in [0.5, 0.6) is 0 Å². The summed E-state index contributed by atoms with van der Waals surface area (Å²) in [4.78, 5) is 4.46. The van der Waals surface area contributed by atoms with Crippen LogP contribution in [0.15, 0.2) is 35.7 Å². The van der Waals surface area contributed by atoms with E-state index in [9.17, 15) is 0 Å². The molecule has 2 aromatic rings. The van der Waals surface area contributed by atoms with Crippen molar-refractivity contribution in [2.75, 3.05) is 12.4 Å². The van der Waals surface area contributed by atoms with Crippen LogP contribution < -0.4 is 0 Å². The molecular formula is C16H22N2OS. The van der Waals surface area contributed by atoms with Crippen LogP contribution in [0.1, 0.15) is 32.6 Å². The minimum Gasteiger partial charge on any atom is -0.377 e. The Kier molecular flexibility index (Phi) is 4.63. The van der Waals surface area contributed by atoms with Crippen molar-refractivity contribution in [3.05, 3.63) is 30.6 Å². The summed E-state index contributed by atoms with van der Waals surface area (Å²) in [5, 5.41) is 1.06. The number of hydrogen-bond acceptors (Lipinski definition) is 3. The summed E-state index contributed by atoms with van der Waals surface area (Å²) in [6.07, 6.45) is 9.71. The van der Waals surface area contributed by atoms with Crippen LogP contribution in [0.3, 0.4) is 0 Å². The second-order valence-corrected chi connectivity index (χ2v) is 6.62. The van der Waals surface area contributed by atoms with Crippen molar-refractivity contribution in [1.82, 2.24) is 9.38 Å². The van der Waals surface area contributed by atoms with Crippen LogP contribution in [0.4, 0.5) is 0 Å². The third kappa shape index (κ3) is 3.18. The molecule has 0 radical (unpaired) electrons. The predicted octanol–water partition coefficient (Wildman–Crippen LogP) is 4.02. The number of thioether (sulfide) groups is 1. The molecule has 3 rings (SSSR count). The average molecular weight is 290 g/mol. The maximum Gasteiger partial charge on any atom is 0.172 e. The average Bonchev–Trinajstić information content (AvgIpc) is 2.89. The third-order valence-electron chi connectivity index (χ3n) is 4.08. The van der Waals surface area contributed by atoms with Gasteiger partial charge in [0.25, 0.3) is 0 Å². The van der Waals surface area contributed by atoms with Gasteiger partial charge in [-0.15, -0.1) is 0 Å². The fourth-order valence-electron chi connectivity index (χ4n) is 2.89. The molecule has 1 saturated carbocycles. The Morgan fingerprint density at radius 1 is 1.35 bits per heavy atom. The molecule has 0 spiro atoms. The van der Waals surface area contributed by atoms with E-state index >= 15 is 0 Å². The van der Waals surface area contributed by atoms with Crippen molar-refractivity contribution in [2.24, 2.45) is 5.92 Å². The molecule has 2 aromatic heterocycles. The minimum absolute atomic E-state index is 0.473. The molecule has 1 aliphatic rings. The lowest BCUT2D eigenvalue weighted by Crippen LogP contribution is -2.26. The van der Waals surface area contributed by atoms with E-state index in [0.717, 1.165) is 29.0 Å². The number of hydrogen-bond donors (Lipinski definition) is 0. The minimum atomic E-state index is 0.473. The summed E-state index contributed by atoms with van der Waals surface area (Å²) in [7, 11) is 0. The first-order valence-corrected chi connectivity index (χ1v) is 8.49. The Bertz CT molecular complexity index is 554. The number of rotatable bonds is 5. The van der Waals surface area contributed by atoms with Crippen molar-refractivity contribution in [3.63, 3.8) is 0 Å². The monoisotopic (exact) mass is 290 g/mol. The van der Waals surface area contributed by atoms with E-state index in [1.54, 1.807) is 11.8 Å². The van der Waals surface area contributed by atoms with Crippen LogP contribution in [0.25, 0.3) is 5.52 Å². The fourth-order valence-corrected chi connectivity index (χ4v) is 3.68. The number of aromatic nitrogens is 2. The van der Waals surface area contributed by atoms with Gasteiger partial charge in [-0.05, 0) is 30.9 Å². The van der Waals surface area contributed by atoms with E-state index in [2.05, 4.69) is 28.6 Å². The van der Waals surface area contributed by atoms with Gasteiger partial charge in [0.05, 0.1) is 24.4 Å². The first-order valence-electron chi connectivity index (χ1n) is 7.51. The smallest absolute Gasteiger partial charge is 0.172 e. The van der Waals surface area contributed by atoms with Gasteiger partial charge in [0.15, 0.2) is 5.16 Å². The molecule has 2 atom stereocenters. The molecular weight excluding hydrogens is 268 g/mol. The zero-order chi connectivity index (χ0) is 13.8. The molecule has 0 aliphatic heterocycles. The van der Waals surface area contributed by atoms with Crippen molar-refractivity contribution >= 4 is 17.3 Å². The lowest BCUT2D eigenvalue weighted by molar-refractivity contribution is 0.00345. The Morgan fingerprint density at radius 2 is 2.25 bits per heavy atom. The molecule has 0 bridgehead atoms. The molecule has 0 N–H and O–H groups in total. The van der Waals surface area contributed by atoms with Crippen molar-refractivity contribution in [3.8, 4) is 0 Å². The zero-order valence-corrected chi connectivity index (χ0v) is 12.8. The third-order valence-corrected chi connectivity index (χ3v) is 5.02. The van der Waals surface area contributed by atoms with Gasteiger partial charge in [-0.2, -0.15) is 0 Å². The van der Waals surface area contributed by atoms with E-state index in [-0.39, 0.29) is 0 Å². The van der Waals surface area contributed by atoms with E-state index in [4.69, 9.17) is 4.74 Å². The molecule has 20 heavy (non-hydrogen) atoms. The van der Waals surface area contributed by atoms with E-state index in [1.807, 2.05) is 18.3 Å². The van der Waals surface area contributed by atoms with Gasteiger partial charge in [-0.1, -0.05) is 37.6 Å². The molecule has 0 aromatic carbocycles. The quantitative estimate of drug-likeness (QED) is 0.614. The number of imidazole rings is 1. The topological polar surface area (TPSA) is 26.5 Å². The number of ether oxygens (including phenoxy) is 1. The molecule has 3 nitrogen and oxygen atoms in total. The highest BCUT2D eigenvalue weighted by Gasteiger charge is 2.21. The van der Waals surface area contributed by atoms with E-state index in [0.29, 0.717) is 6.10 Å². The highest BCUT2D eigenvalue weighted by Crippen LogP contribution is 2.26. The lowest BCUT2D eigenvalue weighted by Gasteiger charge is -2.28. The highest BCUT2D eigenvalue weighted by atomic mass is 32.2. The van der Waals surface area contributed by atoms with Crippen LogP contribution >= 0.6 is 11.8 Å². The van der Waals surface area contributed by atoms with Crippen LogP contribution in [0, 0.1) is 5.92 Å². The predicted molar refractivity (Wildman–Crippen MR) is 83.3 cm³/mol. The van der Waals surface area contributed by atoms with Crippen LogP contribution in [-0.2, 0) is 4.74 Å². The van der Waals surface area contributed by atoms with Gasteiger partial charge >= 0.3 is 0 Å². The maximum atomic E-state index is 6.05. The van der Waals surface area contributed by atoms with Gasteiger partial charge in [-0.3, -0.25) is 4.40 Å². The summed E-state index contributed by atoms with van der Waals surface area (Å²) in [6.45, 7) is 3.14. The second kappa shape index (κ2) is 6.64. The number of nitrogens with zero attached hydrogens (tertiary/aromatic N) is 2. The van der Waals surface area contributed by atoms with Gasteiger partial charge < -0.3 is 4.74 Å². The second-order valence-electron chi connectivity index (χ2n) is 5.56. The Balaban J connectivity index is 1.48. The number of pyridine rings is 1. The SMILES string of the molecule is C[C@H]1CCCC[C@H]1OCCSc1ncc2ccccn12. The van der Waals surface area contributed by atoms with Gasteiger partial charge in [0, 0.05) is 11.9 Å². The molecule has 0 saturated heterocycles. The number of fused-ring (bicyclic) bond motifs is 1. The fraction of sp³-hybridized carbons (Fsp3) is 0.562. The summed E-state index contributed by atoms with van der Waals surface area (Å²) in [5.41, 5.74) is 1.15. The summed E-state index contributed by atoms with van der Waals surface area (Å²) in [5.74, 6) is 1.69. The Hall–Kier alpha value is -1.00. The van der Waals surface area contributed by atoms with Crippen LogP contribution in [-0.4, -0.2) is 27.8 Å². The normalized spacial score (nSPS) is 23.2. The molecule has 2 heterocycles. The molecule has 108 valence electrons. The maximum absolute atomic E-state index is 6.05. The Morgan fingerprint density at radius 3 is 3.15 bits per heavy atom. The van der Waals surface area contributed by atoms with Gasteiger partial charge in [0.1, 0.15) is 0 Å².